The van der Waals surface area contributed by atoms with Crippen molar-refractivity contribution in [3.8, 4) is 0 Å². The van der Waals surface area contributed by atoms with E-state index in [-0.39, 0.29) is 5.41 Å². The van der Waals surface area contributed by atoms with Crippen molar-refractivity contribution in [1.29, 1.82) is 0 Å². The summed E-state index contributed by atoms with van der Waals surface area (Å²) in [6.45, 7) is 1.82. The smallest absolute Gasteiger partial charge is 0.0645 e. The maximum absolute atomic E-state index is 8.84. The van der Waals surface area contributed by atoms with Crippen LogP contribution in [0.5, 0.6) is 0 Å². The Labute approximate surface area is 98.5 Å². The van der Waals surface area contributed by atoms with Crippen LogP contribution in [0.4, 0.5) is 0 Å². The molecule has 1 fully saturated rings. The molecule has 0 aliphatic heterocycles. The van der Waals surface area contributed by atoms with Crippen molar-refractivity contribution in [2.45, 2.75) is 25.2 Å². The van der Waals surface area contributed by atoms with Crippen LogP contribution in [-0.4, -0.2) is 10.9 Å². The maximum Gasteiger partial charge on any atom is 0.0645 e. The van der Waals surface area contributed by atoms with Crippen molar-refractivity contribution in [3.05, 3.63) is 33.8 Å². The van der Waals surface area contributed by atoms with Gasteiger partial charge in [0.2, 0.25) is 0 Å². The van der Waals surface area contributed by atoms with Crippen LogP contribution in [0.25, 0.3) is 0 Å². The molecular formula is C11H11Cl2NO. The monoisotopic (exact) mass is 243 g/mol. The van der Waals surface area contributed by atoms with E-state index in [9.17, 15) is 0 Å². The molecule has 80 valence electrons. The lowest BCUT2D eigenvalue weighted by Crippen LogP contribution is -2.17. The van der Waals surface area contributed by atoms with Crippen LogP contribution < -0.4 is 0 Å². The third-order valence-corrected chi connectivity index (χ3v) is 3.59. The van der Waals surface area contributed by atoms with Crippen LogP contribution in [0.3, 0.4) is 0 Å². The van der Waals surface area contributed by atoms with Crippen LogP contribution in [0, 0.1) is 0 Å². The van der Waals surface area contributed by atoms with E-state index in [4.69, 9.17) is 28.4 Å². The minimum atomic E-state index is -0.156. The zero-order chi connectivity index (χ0) is 11.1. The Balaban J connectivity index is 2.46. The van der Waals surface area contributed by atoms with Crippen LogP contribution >= 0.6 is 23.2 Å². The molecule has 4 heteroatoms. The highest BCUT2D eigenvalue weighted by atomic mass is 35.5. The second-order valence-electron chi connectivity index (χ2n) is 3.89. The maximum atomic E-state index is 8.84. The summed E-state index contributed by atoms with van der Waals surface area (Å²) in [7, 11) is 0. The summed E-state index contributed by atoms with van der Waals surface area (Å²) in [6.07, 6.45) is 1.95. The Hall–Kier alpha value is -0.730. The molecule has 0 aromatic heterocycles. The van der Waals surface area contributed by atoms with Gasteiger partial charge in [0.15, 0.2) is 0 Å². The first-order valence-corrected chi connectivity index (χ1v) is 5.50. The summed E-state index contributed by atoms with van der Waals surface area (Å²) >= 11 is 12.0. The molecule has 1 aromatic rings. The molecule has 2 rings (SSSR count). The quantitative estimate of drug-likeness (QED) is 0.478. The lowest BCUT2D eigenvalue weighted by molar-refractivity contribution is 0.316. The Morgan fingerprint density at radius 2 is 2.07 bits per heavy atom. The highest BCUT2D eigenvalue weighted by molar-refractivity contribution is 6.35. The second kappa shape index (κ2) is 3.69. The van der Waals surface area contributed by atoms with Crippen molar-refractivity contribution in [2.75, 3.05) is 0 Å². The molecule has 1 aromatic carbocycles. The van der Waals surface area contributed by atoms with Gasteiger partial charge in [-0.3, -0.25) is 0 Å². The van der Waals surface area contributed by atoms with Gasteiger partial charge in [0.25, 0.3) is 0 Å². The fraction of sp³-hybridized carbons (Fsp3) is 0.364. The van der Waals surface area contributed by atoms with Crippen LogP contribution in [0.2, 0.25) is 10.0 Å². The first-order valence-electron chi connectivity index (χ1n) is 4.75. The zero-order valence-electron chi connectivity index (χ0n) is 8.30. The average Bonchev–Trinajstić information content (AvgIpc) is 2.97. The van der Waals surface area contributed by atoms with Crippen molar-refractivity contribution in [2.24, 2.45) is 5.16 Å². The number of benzene rings is 1. The minimum Gasteiger partial charge on any atom is -0.411 e. The van der Waals surface area contributed by atoms with Gasteiger partial charge in [-0.15, -0.1) is 0 Å². The number of hydrogen-bond acceptors (Lipinski definition) is 2. The van der Waals surface area contributed by atoms with Crippen LogP contribution in [-0.2, 0) is 5.41 Å². The normalized spacial score (nSPS) is 19.0. The van der Waals surface area contributed by atoms with Gasteiger partial charge in [0.1, 0.15) is 0 Å². The van der Waals surface area contributed by atoms with Crippen LogP contribution in [0.15, 0.2) is 23.4 Å². The van der Waals surface area contributed by atoms with Gasteiger partial charge in [-0.05, 0) is 37.5 Å². The molecule has 2 nitrogen and oxygen atoms in total. The number of halogens is 2. The Bertz CT molecular complexity index is 425. The summed E-state index contributed by atoms with van der Waals surface area (Å²) in [5.41, 5.74) is 1.56. The molecular weight excluding hydrogens is 233 g/mol. The van der Waals surface area contributed by atoms with Gasteiger partial charge in [0.05, 0.1) is 5.71 Å². The van der Waals surface area contributed by atoms with Gasteiger partial charge >= 0.3 is 0 Å². The Morgan fingerprint density at radius 3 is 2.53 bits per heavy atom. The molecule has 0 saturated heterocycles. The summed E-state index contributed by atoms with van der Waals surface area (Å²) in [5.74, 6) is 0. The van der Waals surface area contributed by atoms with E-state index in [0.29, 0.717) is 15.8 Å². The Morgan fingerprint density at radius 1 is 1.40 bits per heavy atom. The summed E-state index contributed by atoms with van der Waals surface area (Å²) in [4.78, 5) is 0. The second-order valence-corrected chi connectivity index (χ2v) is 4.74. The lowest BCUT2D eigenvalue weighted by atomic mass is 9.91. The molecule has 0 amide bonds. The first kappa shape index (κ1) is 10.8. The topological polar surface area (TPSA) is 32.6 Å². The van der Waals surface area contributed by atoms with E-state index >= 15 is 0 Å². The van der Waals surface area contributed by atoms with E-state index in [1.54, 1.807) is 6.07 Å². The third kappa shape index (κ3) is 1.72. The van der Waals surface area contributed by atoms with E-state index < -0.39 is 0 Å². The number of hydrogen-bond donors (Lipinski definition) is 1. The van der Waals surface area contributed by atoms with Gasteiger partial charge in [0, 0.05) is 15.5 Å². The molecule has 1 aliphatic rings. The zero-order valence-corrected chi connectivity index (χ0v) is 9.81. The van der Waals surface area contributed by atoms with Crippen molar-refractivity contribution in [1.82, 2.24) is 0 Å². The average molecular weight is 244 g/mol. The SMILES string of the molecule is CC(=NO)C1(c2ccc(Cl)cc2Cl)CC1. The summed E-state index contributed by atoms with van der Waals surface area (Å²) < 4.78 is 0. The van der Waals surface area contributed by atoms with Crippen LogP contribution in [0.1, 0.15) is 25.3 Å². The molecule has 0 unspecified atom stereocenters. The van der Waals surface area contributed by atoms with E-state index in [1.807, 2.05) is 19.1 Å². The largest absolute Gasteiger partial charge is 0.411 e. The van der Waals surface area contributed by atoms with E-state index in [2.05, 4.69) is 5.16 Å². The van der Waals surface area contributed by atoms with E-state index in [1.165, 1.54) is 0 Å². The minimum absolute atomic E-state index is 0.156. The molecule has 1 saturated carbocycles. The number of oxime groups is 1. The number of rotatable bonds is 2. The standard InChI is InChI=1S/C11H11Cl2NO/c1-7(14-15)11(4-5-11)9-3-2-8(12)6-10(9)13/h2-3,6,15H,4-5H2,1H3. The first-order chi connectivity index (χ1) is 7.10. The predicted molar refractivity (Wildman–Crippen MR) is 62.3 cm³/mol. The molecule has 0 bridgehead atoms. The lowest BCUT2D eigenvalue weighted by Gasteiger charge is -2.15. The van der Waals surface area contributed by atoms with Crippen molar-refractivity contribution >= 4 is 28.9 Å². The van der Waals surface area contributed by atoms with Crippen molar-refractivity contribution < 1.29 is 5.21 Å². The molecule has 1 aliphatic carbocycles. The fourth-order valence-electron chi connectivity index (χ4n) is 1.92. The summed E-state index contributed by atoms with van der Waals surface area (Å²) in [5, 5.41) is 13.4. The molecule has 0 heterocycles. The number of nitrogens with zero attached hydrogens (tertiary/aromatic N) is 1. The predicted octanol–water partition coefficient (Wildman–Crippen LogP) is 3.88. The van der Waals surface area contributed by atoms with Gasteiger partial charge in [-0.25, -0.2) is 0 Å². The Kier molecular flexibility index (Phi) is 2.65. The molecule has 15 heavy (non-hydrogen) atoms. The third-order valence-electron chi connectivity index (χ3n) is 3.04. The van der Waals surface area contributed by atoms with Gasteiger partial charge in [-0.2, -0.15) is 0 Å². The van der Waals surface area contributed by atoms with Gasteiger partial charge < -0.3 is 5.21 Å². The fourth-order valence-corrected chi connectivity index (χ4v) is 2.51. The highest BCUT2D eigenvalue weighted by Crippen LogP contribution is 2.51. The highest BCUT2D eigenvalue weighted by Gasteiger charge is 2.48. The molecule has 0 atom stereocenters. The molecule has 0 radical (unpaired) electrons. The summed E-state index contributed by atoms with van der Waals surface area (Å²) in [6, 6.07) is 5.45. The van der Waals surface area contributed by atoms with E-state index in [0.717, 1.165) is 18.4 Å². The molecule has 1 N–H and O–H groups in total. The van der Waals surface area contributed by atoms with Crippen molar-refractivity contribution in [3.63, 3.8) is 0 Å². The molecule has 0 spiro atoms. The van der Waals surface area contributed by atoms with Gasteiger partial charge in [-0.1, -0.05) is 34.4 Å².